The second-order valence-corrected chi connectivity index (χ2v) is 6.48. The van der Waals surface area contributed by atoms with E-state index in [1.165, 1.54) is 0 Å². The molecule has 1 heterocycles. The number of piperidine rings is 1. The maximum Gasteiger partial charge on any atom is 0.245 e. The standard InChI is InChI=1S/C17H27N3O2/c1-12(2)16(17(22)20-10-8-13(18)9-11-20)19(3)14-4-6-15(21)7-5-14/h4-7,12-13,16,21H,8-11,18H2,1-3H3. The minimum absolute atomic E-state index is 0.164. The number of hydrogen-bond acceptors (Lipinski definition) is 4. The first-order valence-electron chi connectivity index (χ1n) is 7.96. The van der Waals surface area contributed by atoms with Crippen LogP contribution in [0.15, 0.2) is 24.3 Å². The van der Waals surface area contributed by atoms with E-state index in [4.69, 9.17) is 5.73 Å². The van der Waals surface area contributed by atoms with Crippen LogP contribution in [0.25, 0.3) is 0 Å². The molecule has 5 nitrogen and oxygen atoms in total. The Kier molecular flexibility index (Phi) is 5.29. The van der Waals surface area contributed by atoms with Crippen molar-refractivity contribution < 1.29 is 9.90 Å². The van der Waals surface area contributed by atoms with Gasteiger partial charge < -0.3 is 20.6 Å². The largest absolute Gasteiger partial charge is 0.508 e. The van der Waals surface area contributed by atoms with Crippen LogP contribution in [0.5, 0.6) is 5.75 Å². The van der Waals surface area contributed by atoms with Crippen molar-refractivity contribution in [1.82, 2.24) is 4.90 Å². The summed E-state index contributed by atoms with van der Waals surface area (Å²) in [7, 11) is 1.94. The molecule has 122 valence electrons. The average Bonchev–Trinajstić information content (AvgIpc) is 2.48. The molecule has 1 aromatic rings. The first-order chi connectivity index (χ1) is 10.4. The Morgan fingerprint density at radius 1 is 1.27 bits per heavy atom. The smallest absolute Gasteiger partial charge is 0.245 e. The number of aromatic hydroxyl groups is 1. The second kappa shape index (κ2) is 7.01. The van der Waals surface area contributed by atoms with Crippen molar-refractivity contribution >= 4 is 11.6 Å². The first kappa shape index (κ1) is 16.6. The van der Waals surface area contributed by atoms with Crippen LogP contribution in [-0.2, 0) is 4.79 Å². The number of nitrogens with zero attached hydrogens (tertiary/aromatic N) is 2. The van der Waals surface area contributed by atoms with Gasteiger partial charge in [-0.15, -0.1) is 0 Å². The number of anilines is 1. The Balaban J connectivity index is 2.14. The third-order valence-electron chi connectivity index (χ3n) is 4.41. The summed E-state index contributed by atoms with van der Waals surface area (Å²) < 4.78 is 0. The van der Waals surface area contributed by atoms with Gasteiger partial charge >= 0.3 is 0 Å². The van der Waals surface area contributed by atoms with Crippen molar-refractivity contribution in [1.29, 1.82) is 0 Å². The minimum Gasteiger partial charge on any atom is -0.508 e. The number of carbonyl (C=O) groups excluding carboxylic acids is 1. The summed E-state index contributed by atoms with van der Waals surface area (Å²) in [5, 5.41) is 9.42. The van der Waals surface area contributed by atoms with Gasteiger partial charge in [-0.05, 0) is 43.0 Å². The molecule has 1 amide bonds. The summed E-state index contributed by atoms with van der Waals surface area (Å²) in [6.07, 6.45) is 1.75. The highest BCUT2D eigenvalue weighted by atomic mass is 16.3. The van der Waals surface area contributed by atoms with E-state index in [1.54, 1.807) is 12.1 Å². The van der Waals surface area contributed by atoms with Crippen LogP contribution >= 0.6 is 0 Å². The SMILES string of the molecule is CC(C)C(C(=O)N1CCC(N)CC1)N(C)c1ccc(O)cc1. The van der Waals surface area contributed by atoms with Crippen molar-refractivity contribution in [2.75, 3.05) is 25.0 Å². The van der Waals surface area contributed by atoms with Crippen LogP contribution in [0.3, 0.4) is 0 Å². The van der Waals surface area contributed by atoms with E-state index in [0.717, 1.165) is 31.6 Å². The number of rotatable bonds is 4. The van der Waals surface area contributed by atoms with Gasteiger partial charge in [0.2, 0.25) is 5.91 Å². The first-order valence-corrected chi connectivity index (χ1v) is 7.96. The topological polar surface area (TPSA) is 69.8 Å². The number of phenols is 1. The summed E-state index contributed by atoms with van der Waals surface area (Å²) in [5.41, 5.74) is 6.86. The van der Waals surface area contributed by atoms with Crippen LogP contribution < -0.4 is 10.6 Å². The van der Waals surface area contributed by atoms with Crippen LogP contribution in [0.2, 0.25) is 0 Å². The molecule has 0 saturated carbocycles. The maximum atomic E-state index is 12.9. The van der Waals surface area contributed by atoms with Crippen molar-refractivity contribution in [3.8, 4) is 5.75 Å². The molecule has 1 unspecified atom stereocenters. The van der Waals surface area contributed by atoms with E-state index in [0.29, 0.717) is 0 Å². The van der Waals surface area contributed by atoms with Crippen molar-refractivity contribution in [2.24, 2.45) is 11.7 Å². The molecular weight excluding hydrogens is 278 g/mol. The Morgan fingerprint density at radius 3 is 2.32 bits per heavy atom. The van der Waals surface area contributed by atoms with E-state index < -0.39 is 0 Å². The van der Waals surface area contributed by atoms with Gasteiger partial charge in [0, 0.05) is 31.9 Å². The molecule has 1 fully saturated rings. The molecule has 3 N–H and O–H groups in total. The van der Waals surface area contributed by atoms with Gasteiger partial charge in [-0.25, -0.2) is 0 Å². The lowest BCUT2D eigenvalue weighted by molar-refractivity contribution is -0.134. The molecular formula is C17H27N3O2. The Labute approximate surface area is 132 Å². The third-order valence-corrected chi connectivity index (χ3v) is 4.41. The molecule has 0 aromatic heterocycles. The highest BCUT2D eigenvalue weighted by molar-refractivity contribution is 5.85. The number of nitrogens with two attached hydrogens (primary N) is 1. The zero-order valence-corrected chi connectivity index (χ0v) is 13.7. The Hall–Kier alpha value is -1.75. The molecule has 1 aromatic carbocycles. The van der Waals surface area contributed by atoms with Crippen molar-refractivity contribution in [3.05, 3.63) is 24.3 Å². The van der Waals surface area contributed by atoms with Gasteiger partial charge in [0.05, 0.1) is 0 Å². The summed E-state index contributed by atoms with van der Waals surface area (Å²) in [6.45, 7) is 5.61. The Bertz CT molecular complexity index is 493. The second-order valence-electron chi connectivity index (χ2n) is 6.48. The maximum absolute atomic E-state index is 12.9. The summed E-state index contributed by atoms with van der Waals surface area (Å²) in [5.74, 6) is 0.592. The number of hydrogen-bond donors (Lipinski definition) is 2. The predicted molar refractivity (Wildman–Crippen MR) is 88.9 cm³/mol. The van der Waals surface area contributed by atoms with Gasteiger partial charge in [0.15, 0.2) is 0 Å². The number of phenolic OH excluding ortho intramolecular Hbond substituents is 1. The number of likely N-dealkylation sites (tertiary alicyclic amines) is 1. The molecule has 2 rings (SSSR count). The van der Waals surface area contributed by atoms with Gasteiger partial charge in [0.25, 0.3) is 0 Å². The van der Waals surface area contributed by atoms with Gasteiger partial charge in [0.1, 0.15) is 11.8 Å². The van der Waals surface area contributed by atoms with Crippen LogP contribution in [-0.4, -0.2) is 48.1 Å². The number of benzene rings is 1. The highest BCUT2D eigenvalue weighted by Crippen LogP contribution is 2.24. The lowest BCUT2D eigenvalue weighted by Gasteiger charge is -2.38. The number of likely N-dealkylation sites (N-methyl/N-ethyl adjacent to an activating group) is 1. The zero-order chi connectivity index (χ0) is 16.3. The molecule has 0 spiro atoms. The van der Waals surface area contributed by atoms with Crippen LogP contribution in [0.1, 0.15) is 26.7 Å². The van der Waals surface area contributed by atoms with Gasteiger partial charge in [-0.2, -0.15) is 0 Å². The van der Waals surface area contributed by atoms with Gasteiger partial charge in [-0.3, -0.25) is 4.79 Å². The quantitative estimate of drug-likeness (QED) is 0.890. The van der Waals surface area contributed by atoms with E-state index in [2.05, 4.69) is 13.8 Å². The van der Waals surface area contributed by atoms with E-state index in [1.807, 2.05) is 29.0 Å². The molecule has 0 radical (unpaired) electrons. The lowest BCUT2D eigenvalue weighted by atomic mass is 9.98. The zero-order valence-electron chi connectivity index (χ0n) is 13.7. The minimum atomic E-state index is -0.209. The molecule has 1 saturated heterocycles. The van der Waals surface area contributed by atoms with Gasteiger partial charge in [-0.1, -0.05) is 13.8 Å². The van der Waals surface area contributed by atoms with Crippen LogP contribution in [0, 0.1) is 5.92 Å². The molecule has 22 heavy (non-hydrogen) atoms. The fourth-order valence-electron chi connectivity index (χ4n) is 3.05. The van der Waals surface area contributed by atoms with Crippen molar-refractivity contribution in [3.63, 3.8) is 0 Å². The molecule has 1 aliphatic rings. The molecule has 1 atom stereocenters. The average molecular weight is 305 g/mol. The summed E-state index contributed by atoms with van der Waals surface area (Å²) in [4.78, 5) is 16.9. The summed E-state index contributed by atoms with van der Waals surface area (Å²) >= 11 is 0. The predicted octanol–water partition coefficient (Wildman–Crippen LogP) is 1.80. The fraction of sp³-hybridized carbons (Fsp3) is 0.588. The summed E-state index contributed by atoms with van der Waals surface area (Å²) in [6, 6.07) is 6.98. The third kappa shape index (κ3) is 3.71. The Morgan fingerprint density at radius 2 is 1.82 bits per heavy atom. The number of amides is 1. The lowest BCUT2D eigenvalue weighted by Crippen LogP contribution is -2.53. The number of carbonyl (C=O) groups is 1. The van der Waals surface area contributed by atoms with Crippen LogP contribution in [0.4, 0.5) is 5.69 Å². The van der Waals surface area contributed by atoms with E-state index in [-0.39, 0.29) is 29.7 Å². The molecule has 0 bridgehead atoms. The highest BCUT2D eigenvalue weighted by Gasteiger charge is 2.32. The molecule has 1 aliphatic heterocycles. The molecule has 0 aliphatic carbocycles. The normalized spacial score (nSPS) is 17.6. The van der Waals surface area contributed by atoms with E-state index in [9.17, 15) is 9.90 Å². The van der Waals surface area contributed by atoms with Crippen molar-refractivity contribution in [2.45, 2.75) is 38.8 Å². The van der Waals surface area contributed by atoms with E-state index >= 15 is 0 Å². The molecule has 5 heteroatoms. The fourth-order valence-corrected chi connectivity index (χ4v) is 3.05. The monoisotopic (exact) mass is 305 g/mol.